The van der Waals surface area contributed by atoms with Crippen LogP contribution in [0.3, 0.4) is 0 Å². The van der Waals surface area contributed by atoms with Crippen LogP contribution in [0.25, 0.3) is 0 Å². The van der Waals surface area contributed by atoms with Crippen molar-refractivity contribution < 1.29 is 13.2 Å². The predicted octanol–water partition coefficient (Wildman–Crippen LogP) is -0.584. The summed E-state index contributed by atoms with van der Waals surface area (Å²) in [5, 5.41) is 8.90. The van der Waals surface area contributed by atoms with Crippen molar-refractivity contribution in [3.63, 3.8) is 0 Å². The van der Waals surface area contributed by atoms with E-state index in [9.17, 15) is 13.2 Å². The number of hydrogen-bond donors (Lipinski definition) is 0. The maximum absolute atomic E-state index is 12.4. The van der Waals surface area contributed by atoms with E-state index in [2.05, 4.69) is 4.98 Å². The van der Waals surface area contributed by atoms with Gasteiger partial charge in [-0.15, -0.1) is 0 Å². The molecule has 2 heterocycles. The van der Waals surface area contributed by atoms with E-state index in [0.29, 0.717) is 6.54 Å². The van der Waals surface area contributed by atoms with Gasteiger partial charge in [-0.05, 0) is 12.1 Å². The van der Waals surface area contributed by atoms with Crippen molar-refractivity contribution in [3.8, 4) is 6.07 Å². The molecule has 19 heavy (non-hydrogen) atoms. The molecule has 0 bridgehead atoms. The van der Waals surface area contributed by atoms with Gasteiger partial charge >= 0.3 is 0 Å². The molecule has 0 unspecified atom stereocenters. The van der Waals surface area contributed by atoms with Crippen LogP contribution >= 0.6 is 0 Å². The van der Waals surface area contributed by atoms with Crippen LogP contribution in [0.1, 0.15) is 5.69 Å². The Labute approximate surface area is 111 Å². The minimum Gasteiger partial charge on any atom is -0.343 e. The Kier molecular flexibility index (Phi) is 3.50. The second kappa shape index (κ2) is 4.95. The number of amides is 1. The van der Waals surface area contributed by atoms with Gasteiger partial charge in [0.2, 0.25) is 15.9 Å². The van der Waals surface area contributed by atoms with Gasteiger partial charge in [-0.1, -0.05) is 0 Å². The summed E-state index contributed by atoms with van der Waals surface area (Å²) >= 11 is 0. The quantitative estimate of drug-likeness (QED) is 0.722. The minimum absolute atomic E-state index is 0.158. The summed E-state index contributed by atoms with van der Waals surface area (Å²) in [6.07, 6.45) is 1.35. The first-order valence-electron chi connectivity index (χ1n) is 5.56. The Morgan fingerprint density at radius 3 is 2.79 bits per heavy atom. The highest BCUT2D eigenvalue weighted by Gasteiger charge is 2.33. The first-order chi connectivity index (χ1) is 8.96. The van der Waals surface area contributed by atoms with Crippen LogP contribution in [0.4, 0.5) is 0 Å². The number of carbonyl (C=O) groups is 1. The largest absolute Gasteiger partial charge is 0.343 e. The van der Waals surface area contributed by atoms with Crippen molar-refractivity contribution >= 4 is 15.9 Å². The fourth-order valence-corrected chi connectivity index (χ4v) is 3.24. The average molecular weight is 280 g/mol. The molecule has 0 N–H and O–H groups in total. The summed E-state index contributed by atoms with van der Waals surface area (Å²) in [5.41, 5.74) is -0.158. The van der Waals surface area contributed by atoms with Gasteiger partial charge in [0, 0.05) is 26.3 Å². The van der Waals surface area contributed by atoms with Crippen LogP contribution in [0.5, 0.6) is 0 Å². The highest BCUT2D eigenvalue weighted by Crippen LogP contribution is 2.19. The van der Waals surface area contributed by atoms with E-state index >= 15 is 0 Å². The van der Waals surface area contributed by atoms with Gasteiger partial charge in [0.15, 0.2) is 5.69 Å². The number of aromatic nitrogens is 1. The van der Waals surface area contributed by atoms with Crippen molar-refractivity contribution in [2.24, 2.45) is 0 Å². The summed E-state index contributed by atoms with van der Waals surface area (Å²) in [7, 11) is -2.24. The van der Waals surface area contributed by atoms with E-state index in [1.807, 2.05) is 0 Å². The smallest absolute Gasteiger partial charge is 0.246 e. The molecular formula is C11H12N4O3S. The van der Waals surface area contributed by atoms with Gasteiger partial charge in [0.25, 0.3) is 0 Å². The lowest BCUT2D eigenvalue weighted by molar-refractivity contribution is -0.132. The van der Waals surface area contributed by atoms with Crippen LogP contribution < -0.4 is 0 Å². The first kappa shape index (κ1) is 13.5. The Morgan fingerprint density at radius 1 is 1.42 bits per heavy atom. The zero-order chi connectivity index (χ0) is 14.0. The summed E-state index contributed by atoms with van der Waals surface area (Å²) < 4.78 is 25.8. The first-order valence-corrected chi connectivity index (χ1v) is 7.00. The molecule has 0 saturated carbocycles. The van der Waals surface area contributed by atoms with Gasteiger partial charge in [-0.2, -0.15) is 9.57 Å². The topological polar surface area (TPSA) is 94.4 Å². The Morgan fingerprint density at radius 2 is 2.16 bits per heavy atom. The van der Waals surface area contributed by atoms with Crippen molar-refractivity contribution in [2.45, 2.75) is 4.90 Å². The molecule has 0 atom stereocenters. The molecule has 0 aromatic carbocycles. The molecule has 1 aromatic heterocycles. The molecule has 1 saturated heterocycles. The molecule has 1 amide bonds. The zero-order valence-electron chi connectivity index (χ0n) is 10.3. The van der Waals surface area contributed by atoms with E-state index < -0.39 is 10.0 Å². The third-order valence-electron chi connectivity index (χ3n) is 2.92. The molecule has 1 aliphatic rings. The normalized spacial score (nSPS) is 17.3. The van der Waals surface area contributed by atoms with Crippen LogP contribution in [0.2, 0.25) is 0 Å². The average Bonchev–Trinajstić information content (AvgIpc) is 2.41. The lowest BCUT2D eigenvalue weighted by atomic mass is 10.4. The van der Waals surface area contributed by atoms with E-state index in [4.69, 9.17) is 5.26 Å². The number of rotatable bonds is 2. The highest BCUT2D eigenvalue weighted by molar-refractivity contribution is 7.89. The second-order valence-electron chi connectivity index (χ2n) is 4.12. The van der Waals surface area contributed by atoms with E-state index in [0.717, 1.165) is 4.31 Å². The lowest BCUT2D eigenvalue weighted by Gasteiger charge is -2.31. The maximum atomic E-state index is 12.4. The minimum atomic E-state index is -3.86. The molecule has 0 spiro atoms. The summed E-state index contributed by atoms with van der Waals surface area (Å²) in [4.78, 5) is 16.6. The Hall–Kier alpha value is -1.98. The number of sulfonamides is 1. The van der Waals surface area contributed by atoms with Gasteiger partial charge in [0.1, 0.15) is 11.0 Å². The molecule has 100 valence electrons. The van der Waals surface area contributed by atoms with Crippen LogP contribution in [0, 0.1) is 11.3 Å². The van der Waals surface area contributed by atoms with Crippen molar-refractivity contribution in [2.75, 3.05) is 26.7 Å². The number of nitrogens with zero attached hydrogens (tertiary/aromatic N) is 4. The number of carbonyl (C=O) groups excluding carboxylic acids is 1. The van der Waals surface area contributed by atoms with E-state index in [-0.39, 0.29) is 29.6 Å². The molecule has 2 rings (SSSR count). The van der Waals surface area contributed by atoms with Crippen molar-refractivity contribution in [1.29, 1.82) is 5.26 Å². The third kappa shape index (κ3) is 2.43. The van der Waals surface area contributed by atoms with E-state index in [1.54, 1.807) is 13.1 Å². The monoisotopic (exact) mass is 280 g/mol. The van der Waals surface area contributed by atoms with E-state index in [1.165, 1.54) is 23.2 Å². The number of likely N-dealkylation sites (N-methyl/N-ethyl adjacent to an activating group) is 1. The van der Waals surface area contributed by atoms with Crippen LogP contribution in [0.15, 0.2) is 23.2 Å². The molecule has 1 aromatic rings. The van der Waals surface area contributed by atoms with Crippen molar-refractivity contribution in [3.05, 3.63) is 24.0 Å². The van der Waals surface area contributed by atoms with Gasteiger partial charge in [-0.25, -0.2) is 13.4 Å². The highest BCUT2D eigenvalue weighted by atomic mass is 32.2. The summed E-state index contributed by atoms with van der Waals surface area (Å²) in [6, 6.07) is 4.52. The third-order valence-corrected chi connectivity index (χ3v) is 4.79. The molecule has 1 fully saturated rings. The van der Waals surface area contributed by atoms with Crippen LogP contribution in [-0.4, -0.2) is 55.2 Å². The number of piperazine rings is 1. The number of hydrogen-bond acceptors (Lipinski definition) is 5. The molecule has 1 aliphatic heterocycles. The SMILES string of the molecule is CN1CCN(S(=O)(=O)c2cccnc2C#N)CC1=O. The standard InChI is InChI=1S/C11H12N4O3S/c1-14-5-6-15(8-11(14)16)19(17,18)10-3-2-4-13-9(10)7-12/h2-4H,5-6,8H2,1H3. The Balaban J connectivity index is 2.39. The van der Waals surface area contributed by atoms with Gasteiger partial charge in [0.05, 0.1) is 6.54 Å². The second-order valence-corrected chi connectivity index (χ2v) is 6.02. The zero-order valence-corrected chi connectivity index (χ0v) is 11.1. The van der Waals surface area contributed by atoms with Gasteiger partial charge in [-0.3, -0.25) is 4.79 Å². The van der Waals surface area contributed by atoms with Gasteiger partial charge < -0.3 is 4.90 Å². The maximum Gasteiger partial charge on any atom is 0.246 e. The number of pyridine rings is 1. The molecule has 8 heteroatoms. The van der Waals surface area contributed by atoms with Crippen LogP contribution in [-0.2, 0) is 14.8 Å². The molecule has 7 nitrogen and oxygen atoms in total. The Bertz CT molecular complexity index is 650. The predicted molar refractivity (Wildman–Crippen MR) is 65.3 cm³/mol. The summed E-state index contributed by atoms with van der Waals surface area (Å²) in [6.45, 7) is 0.336. The summed E-state index contributed by atoms with van der Waals surface area (Å²) in [5.74, 6) is -0.266. The van der Waals surface area contributed by atoms with Crippen molar-refractivity contribution in [1.82, 2.24) is 14.2 Å². The number of nitriles is 1. The molecule has 0 radical (unpaired) electrons. The fraction of sp³-hybridized carbons (Fsp3) is 0.364. The lowest BCUT2D eigenvalue weighted by Crippen LogP contribution is -2.50. The molecular weight excluding hydrogens is 268 g/mol. The fourth-order valence-electron chi connectivity index (χ4n) is 1.76. The molecule has 0 aliphatic carbocycles.